The van der Waals surface area contributed by atoms with Gasteiger partial charge in [-0.2, -0.15) is 0 Å². The first-order valence-corrected chi connectivity index (χ1v) is 6.97. The number of hydrogen-bond acceptors (Lipinski definition) is 4. The molecule has 0 fully saturated rings. The highest BCUT2D eigenvalue weighted by atomic mass is 35.5. The zero-order valence-corrected chi connectivity index (χ0v) is 12.4. The Hall–Kier alpha value is -2.01. The van der Waals surface area contributed by atoms with Crippen molar-refractivity contribution in [1.29, 1.82) is 0 Å². The summed E-state index contributed by atoms with van der Waals surface area (Å²) in [6, 6.07) is 5.83. The van der Waals surface area contributed by atoms with Gasteiger partial charge in [0.15, 0.2) is 11.8 Å². The number of ether oxygens (including phenoxy) is 2. The minimum Gasteiger partial charge on any atom is -0.488 e. The van der Waals surface area contributed by atoms with Crippen LogP contribution in [0.1, 0.15) is 24.4 Å². The molecule has 1 aromatic rings. The van der Waals surface area contributed by atoms with Crippen LogP contribution >= 0.6 is 11.6 Å². The Morgan fingerprint density at radius 1 is 1.38 bits per heavy atom. The number of carbonyl (C=O) groups excluding carboxylic acids is 2. The Kier molecular flexibility index (Phi) is 5.22. The lowest BCUT2D eigenvalue weighted by molar-refractivity contribution is -0.145. The molecule has 5 nitrogen and oxygen atoms in total. The summed E-state index contributed by atoms with van der Waals surface area (Å²) in [5.74, 6) is -0.819. The van der Waals surface area contributed by atoms with Crippen LogP contribution in [-0.4, -0.2) is 25.6 Å². The van der Waals surface area contributed by atoms with Gasteiger partial charge < -0.3 is 14.8 Å². The highest BCUT2D eigenvalue weighted by Gasteiger charge is 2.27. The molecule has 0 unspecified atom stereocenters. The summed E-state index contributed by atoms with van der Waals surface area (Å²) in [7, 11) is 1.26. The van der Waals surface area contributed by atoms with Crippen LogP contribution in [0, 0.1) is 0 Å². The van der Waals surface area contributed by atoms with Crippen molar-refractivity contribution in [1.82, 2.24) is 5.32 Å². The molecular formula is C15H16ClNO4. The molecule has 1 N–H and O–H groups in total. The highest BCUT2D eigenvalue weighted by Crippen LogP contribution is 2.24. The van der Waals surface area contributed by atoms with Crippen molar-refractivity contribution in [2.45, 2.75) is 18.9 Å². The van der Waals surface area contributed by atoms with E-state index < -0.39 is 17.9 Å². The molecule has 1 aromatic carbocycles. The molecule has 0 saturated carbocycles. The third-order valence-corrected chi connectivity index (χ3v) is 3.43. The van der Waals surface area contributed by atoms with Gasteiger partial charge >= 0.3 is 5.97 Å². The first-order chi connectivity index (χ1) is 10.1. The molecule has 2 rings (SSSR count). The van der Waals surface area contributed by atoms with E-state index in [1.54, 1.807) is 30.3 Å². The van der Waals surface area contributed by atoms with E-state index in [4.69, 9.17) is 21.1 Å². The number of amides is 1. The van der Waals surface area contributed by atoms with E-state index in [-0.39, 0.29) is 5.76 Å². The molecule has 0 aliphatic carbocycles. The Morgan fingerprint density at radius 2 is 2.14 bits per heavy atom. The molecule has 1 amide bonds. The quantitative estimate of drug-likeness (QED) is 0.867. The normalized spacial score (nSPS) is 15.4. The van der Waals surface area contributed by atoms with Gasteiger partial charge in [-0.15, -0.1) is 0 Å². The second kappa shape index (κ2) is 7.13. The molecule has 1 heterocycles. The molecular weight excluding hydrogens is 294 g/mol. The summed E-state index contributed by atoms with van der Waals surface area (Å²) in [4.78, 5) is 24.1. The van der Waals surface area contributed by atoms with Gasteiger partial charge in [0.2, 0.25) is 0 Å². The Balaban J connectivity index is 2.21. The molecule has 1 atom stereocenters. The lowest BCUT2D eigenvalue weighted by Crippen LogP contribution is -2.36. The van der Waals surface area contributed by atoms with Crippen LogP contribution in [-0.2, 0) is 19.1 Å². The fraction of sp³-hybridized carbons (Fsp3) is 0.333. The first kappa shape index (κ1) is 15.4. The van der Waals surface area contributed by atoms with Crippen molar-refractivity contribution < 1.29 is 19.1 Å². The van der Waals surface area contributed by atoms with Crippen molar-refractivity contribution in [3.63, 3.8) is 0 Å². The topological polar surface area (TPSA) is 64.6 Å². The zero-order chi connectivity index (χ0) is 15.2. The molecule has 112 valence electrons. The van der Waals surface area contributed by atoms with E-state index in [0.717, 1.165) is 12.8 Å². The largest absolute Gasteiger partial charge is 0.488 e. The minimum absolute atomic E-state index is 0.224. The van der Waals surface area contributed by atoms with Crippen LogP contribution < -0.4 is 5.32 Å². The van der Waals surface area contributed by atoms with Crippen molar-refractivity contribution in [3.05, 3.63) is 46.7 Å². The van der Waals surface area contributed by atoms with Gasteiger partial charge in [0, 0.05) is 10.6 Å². The lowest BCUT2D eigenvalue weighted by atomic mass is 10.1. The number of hydrogen-bond donors (Lipinski definition) is 1. The molecule has 0 aromatic heterocycles. The summed E-state index contributed by atoms with van der Waals surface area (Å²) >= 11 is 6.08. The number of carbonyl (C=O) groups is 2. The van der Waals surface area contributed by atoms with Gasteiger partial charge in [-0.3, -0.25) is 4.79 Å². The molecule has 6 heteroatoms. The summed E-state index contributed by atoms with van der Waals surface area (Å²) in [6.45, 7) is 0.494. The van der Waals surface area contributed by atoms with Gasteiger partial charge in [-0.1, -0.05) is 29.8 Å². The third-order valence-electron chi connectivity index (χ3n) is 3.09. The number of benzene rings is 1. The molecule has 0 saturated heterocycles. The van der Waals surface area contributed by atoms with E-state index in [2.05, 4.69) is 5.32 Å². The van der Waals surface area contributed by atoms with E-state index in [1.165, 1.54) is 7.11 Å². The number of esters is 1. The van der Waals surface area contributed by atoms with Gasteiger partial charge in [0.25, 0.3) is 5.91 Å². The van der Waals surface area contributed by atoms with E-state index in [9.17, 15) is 9.59 Å². The fourth-order valence-corrected chi connectivity index (χ4v) is 2.25. The number of nitrogens with one attached hydrogen (secondary N) is 1. The summed E-state index contributed by atoms with van der Waals surface area (Å²) in [5, 5.41) is 2.98. The molecule has 21 heavy (non-hydrogen) atoms. The van der Waals surface area contributed by atoms with Gasteiger partial charge in [-0.05, 0) is 25.0 Å². The molecule has 1 aliphatic heterocycles. The fourth-order valence-electron chi connectivity index (χ4n) is 2.01. The maximum atomic E-state index is 12.2. The SMILES string of the molecule is COC(=O)[C@H](NC(=O)C1=CCCCO1)c1ccccc1Cl. The smallest absolute Gasteiger partial charge is 0.333 e. The van der Waals surface area contributed by atoms with Gasteiger partial charge in [0.1, 0.15) is 0 Å². The Labute approximate surface area is 127 Å². The maximum Gasteiger partial charge on any atom is 0.333 e. The van der Waals surface area contributed by atoms with Crippen LogP contribution in [0.3, 0.4) is 0 Å². The summed E-state index contributed by atoms with van der Waals surface area (Å²) in [5.41, 5.74) is 0.482. The van der Waals surface area contributed by atoms with Crippen LogP contribution in [0.25, 0.3) is 0 Å². The second-order valence-electron chi connectivity index (χ2n) is 4.51. The standard InChI is InChI=1S/C15H16ClNO4/c1-20-15(19)13(10-6-2-3-7-11(10)16)17-14(18)12-8-4-5-9-21-12/h2-3,6-8,13H,4-5,9H2,1H3,(H,17,18)/t13-/m1/s1. The molecule has 0 spiro atoms. The predicted molar refractivity (Wildman–Crippen MR) is 77.6 cm³/mol. The third kappa shape index (κ3) is 3.76. The monoisotopic (exact) mass is 309 g/mol. The zero-order valence-electron chi connectivity index (χ0n) is 11.6. The number of methoxy groups -OCH3 is 1. The van der Waals surface area contributed by atoms with E-state index in [1.807, 2.05) is 0 Å². The average molecular weight is 310 g/mol. The number of halogens is 1. The van der Waals surface area contributed by atoms with Crippen LogP contribution in [0.15, 0.2) is 36.1 Å². The molecule has 0 bridgehead atoms. The predicted octanol–water partition coefficient (Wildman–Crippen LogP) is 2.36. The van der Waals surface area contributed by atoms with Crippen molar-refractivity contribution >= 4 is 23.5 Å². The van der Waals surface area contributed by atoms with Crippen LogP contribution in [0.4, 0.5) is 0 Å². The van der Waals surface area contributed by atoms with E-state index >= 15 is 0 Å². The van der Waals surface area contributed by atoms with Crippen molar-refractivity contribution in [2.24, 2.45) is 0 Å². The lowest BCUT2D eigenvalue weighted by Gasteiger charge is -2.20. The Morgan fingerprint density at radius 3 is 2.76 bits per heavy atom. The average Bonchev–Trinajstić information content (AvgIpc) is 2.53. The second-order valence-corrected chi connectivity index (χ2v) is 4.92. The Bertz CT molecular complexity index is 571. The van der Waals surface area contributed by atoms with Gasteiger partial charge in [-0.25, -0.2) is 4.79 Å². The van der Waals surface area contributed by atoms with E-state index in [0.29, 0.717) is 17.2 Å². The number of allylic oxidation sites excluding steroid dienone is 1. The van der Waals surface area contributed by atoms with Gasteiger partial charge in [0.05, 0.1) is 13.7 Å². The molecule has 0 radical (unpaired) electrons. The number of rotatable bonds is 4. The maximum absolute atomic E-state index is 12.2. The minimum atomic E-state index is -0.970. The highest BCUT2D eigenvalue weighted by molar-refractivity contribution is 6.31. The summed E-state index contributed by atoms with van der Waals surface area (Å²) in [6.07, 6.45) is 3.36. The summed E-state index contributed by atoms with van der Waals surface area (Å²) < 4.78 is 10.0. The van der Waals surface area contributed by atoms with Crippen molar-refractivity contribution in [3.8, 4) is 0 Å². The first-order valence-electron chi connectivity index (χ1n) is 6.59. The molecule has 1 aliphatic rings. The van der Waals surface area contributed by atoms with Crippen molar-refractivity contribution in [2.75, 3.05) is 13.7 Å². The van der Waals surface area contributed by atoms with Crippen LogP contribution in [0.2, 0.25) is 5.02 Å². The van der Waals surface area contributed by atoms with Crippen LogP contribution in [0.5, 0.6) is 0 Å².